The van der Waals surface area contributed by atoms with Crippen molar-refractivity contribution in [2.75, 3.05) is 36.4 Å². The summed E-state index contributed by atoms with van der Waals surface area (Å²) >= 11 is 9.29. The quantitative estimate of drug-likeness (QED) is 0.593. The molecule has 0 aromatic heterocycles. The number of amides is 1. The van der Waals surface area contributed by atoms with E-state index >= 15 is 0 Å². The van der Waals surface area contributed by atoms with Gasteiger partial charge in [-0.05, 0) is 37.1 Å². The molecule has 0 bridgehead atoms. The summed E-state index contributed by atoms with van der Waals surface area (Å²) in [6.07, 6.45) is 2.71. The minimum atomic E-state index is 0.293. The number of benzene rings is 1. The normalized spacial score (nSPS) is 15.5. The number of carbonyl (C=O) groups is 1. The zero-order chi connectivity index (χ0) is 14.4. The molecule has 0 N–H and O–H groups in total. The van der Waals surface area contributed by atoms with Crippen molar-refractivity contribution in [3.63, 3.8) is 0 Å². The Kier molecular flexibility index (Phi) is 6.17. The highest BCUT2D eigenvalue weighted by molar-refractivity contribution is 9.09. The summed E-state index contributed by atoms with van der Waals surface area (Å²) in [6.45, 7) is 3.42. The van der Waals surface area contributed by atoms with E-state index in [9.17, 15) is 4.79 Å². The molecule has 1 aromatic carbocycles. The van der Waals surface area contributed by atoms with E-state index in [1.807, 2.05) is 29.2 Å². The number of piperazine rings is 1. The summed E-state index contributed by atoms with van der Waals surface area (Å²) in [7, 11) is 0. The van der Waals surface area contributed by atoms with Crippen LogP contribution in [0.25, 0.3) is 0 Å². The van der Waals surface area contributed by atoms with Crippen molar-refractivity contribution in [3.05, 3.63) is 29.3 Å². The predicted octanol–water partition coefficient (Wildman–Crippen LogP) is 3.55. The SMILES string of the molecule is O=C(CCCCBr)N1CCN(c2ccc(Cl)cc2)CC1. The van der Waals surface area contributed by atoms with Crippen LogP contribution in [-0.4, -0.2) is 42.3 Å². The standard InChI is InChI=1S/C15H20BrClN2O/c16-8-2-1-3-15(20)19-11-9-18(10-12-19)14-6-4-13(17)5-7-14/h4-7H,1-3,8-12H2. The average Bonchev–Trinajstić information content (AvgIpc) is 2.48. The maximum atomic E-state index is 12.0. The Bertz CT molecular complexity index is 430. The second-order valence-electron chi connectivity index (χ2n) is 4.99. The van der Waals surface area contributed by atoms with Crippen molar-refractivity contribution in [2.45, 2.75) is 19.3 Å². The smallest absolute Gasteiger partial charge is 0.222 e. The van der Waals surface area contributed by atoms with Crippen LogP contribution in [0.4, 0.5) is 5.69 Å². The van der Waals surface area contributed by atoms with Gasteiger partial charge in [-0.15, -0.1) is 0 Å². The fourth-order valence-electron chi connectivity index (χ4n) is 2.39. The lowest BCUT2D eigenvalue weighted by atomic mass is 10.2. The van der Waals surface area contributed by atoms with Crippen LogP contribution in [0.1, 0.15) is 19.3 Å². The molecule has 0 saturated carbocycles. The molecule has 2 rings (SSSR count). The summed E-state index contributed by atoms with van der Waals surface area (Å²) in [4.78, 5) is 16.3. The number of nitrogens with zero attached hydrogens (tertiary/aromatic N) is 2. The first-order valence-corrected chi connectivity index (χ1v) is 8.55. The molecule has 20 heavy (non-hydrogen) atoms. The fraction of sp³-hybridized carbons (Fsp3) is 0.533. The lowest BCUT2D eigenvalue weighted by molar-refractivity contribution is -0.131. The van der Waals surface area contributed by atoms with Crippen LogP contribution in [0.5, 0.6) is 0 Å². The van der Waals surface area contributed by atoms with Crippen LogP contribution >= 0.6 is 27.5 Å². The molecule has 110 valence electrons. The van der Waals surface area contributed by atoms with Crippen LogP contribution in [0, 0.1) is 0 Å². The van der Waals surface area contributed by atoms with E-state index in [2.05, 4.69) is 20.8 Å². The van der Waals surface area contributed by atoms with Crippen molar-refractivity contribution >= 4 is 39.1 Å². The number of rotatable bonds is 5. The summed E-state index contributed by atoms with van der Waals surface area (Å²) < 4.78 is 0. The molecule has 5 heteroatoms. The lowest BCUT2D eigenvalue weighted by Crippen LogP contribution is -2.48. The minimum Gasteiger partial charge on any atom is -0.368 e. The lowest BCUT2D eigenvalue weighted by Gasteiger charge is -2.36. The summed E-state index contributed by atoms with van der Waals surface area (Å²) in [5, 5.41) is 1.74. The summed E-state index contributed by atoms with van der Waals surface area (Å²) in [5.41, 5.74) is 1.18. The van der Waals surface area contributed by atoms with Gasteiger partial charge in [0, 0.05) is 48.6 Å². The van der Waals surface area contributed by atoms with Crippen molar-refractivity contribution in [3.8, 4) is 0 Å². The molecular weight excluding hydrogens is 340 g/mol. The molecule has 1 saturated heterocycles. The third-order valence-corrected chi connectivity index (χ3v) is 4.41. The number of hydrogen-bond acceptors (Lipinski definition) is 2. The van der Waals surface area contributed by atoms with Gasteiger partial charge in [-0.1, -0.05) is 27.5 Å². The molecule has 1 aliphatic rings. The maximum Gasteiger partial charge on any atom is 0.222 e. The number of hydrogen-bond donors (Lipinski definition) is 0. The van der Waals surface area contributed by atoms with Crippen molar-refractivity contribution in [2.24, 2.45) is 0 Å². The van der Waals surface area contributed by atoms with Crippen LogP contribution in [-0.2, 0) is 4.79 Å². The summed E-state index contributed by atoms with van der Waals surface area (Å²) in [5.74, 6) is 0.293. The van der Waals surface area contributed by atoms with Gasteiger partial charge in [0.1, 0.15) is 0 Å². The van der Waals surface area contributed by atoms with Gasteiger partial charge in [0.25, 0.3) is 0 Å². The molecule has 1 aromatic rings. The molecular formula is C15H20BrClN2O. The topological polar surface area (TPSA) is 23.6 Å². The van der Waals surface area contributed by atoms with Crippen LogP contribution in [0.15, 0.2) is 24.3 Å². The molecule has 0 radical (unpaired) electrons. The zero-order valence-electron chi connectivity index (χ0n) is 11.5. The van der Waals surface area contributed by atoms with Crippen LogP contribution in [0.3, 0.4) is 0 Å². The third kappa shape index (κ3) is 4.38. The van der Waals surface area contributed by atoms with E-state index in [4.69, 9.17) is 11.6 Å². The first-order valence-electron chi connectivity index (χ1n) is 7.05. The Morgan fingerprint density at radius 2 is 1.75 bits per heavy atom. The largest absolute Gasteiger partial charge is 0.368 e. The first-order chi connectivity index (χ1) is 9.70. The van der Waals surface area contributed by atoms with E-state index in [1.165, 1.54) is 5.69 Å². The minimum absolute atomic E-state index is 0.293. The van der Waals surface area contributed by atoms with Gasteiger partial charge in [-0.2, -0.15) is 0 Å². The summed E-state index contributed by atoms with van der Waals surface area (Å²) in [6, 6.07) is 7.90. The Labute approximate surface area is 134 Å². The molecule has 0 spiro atoms. The maximum absolute atomic E-state index is 12.0. The number of unbranched alkanes of at least 4 members (excludes halogenated alkanes) is 1. The van der Waals surface area contributed by atoms with Crippen molar-refractivity contribution in [1.82, 2.24) is 4.90 Å². The van der Waals surface area contributed by atoms with E-state index in [1.54, 1.807) is 0 Å². The van der Waals surface area contributed by atoms with E-state index < -0.39 is 0 Å². The molecule has 3 nitrogen and oxygen atoms in total. The number of halogens is 2. The molecule has 1 aliphatic heterocycles. The Morgan fingerprint density at radius 3 is 2.35 bits per heavy atom. The molecule has 1 heterocycles. The van der Waals surface area contributed by atoms with E-state index in [0.717, 1.165) is 49.4 Å². The van der Waals surface area contributed by atoms with Crippen molar-refractivity contribution < 1.29 is 4.79 Å². The average molecular weight is 360 g/mol. The van der Waals surface area contributed by atoms with Gasteiger partial charge in [0.15, 0.2) is 0 Å². The molecule has 0 atom stereocenters. The van der Waals surface area contributed by atoms with E-state index in [0.29, 0.717) is 12.3 Å². The highest BCUT2D eigenvalue weighted by Gasteiger charge is 2.20. The molecule has 1 amide bonds. The molecule has 0 aliphatic carbocycles. The van der Waals surface area contributed by atoms with Crippen molar-refractivity contribution in [1.29, 1.82) is 0 Å². The van der Waals surface area contributed by atoms with Gasteiger partial charge in [0.2, 0.25) is 5.91 Å². The Balaban J connectivity index is 1.80. The van der Waals surface area contributed by atoms with Gasteiger partial charge < -0.3 is 9.80 Å². The van der Waals surface area contributed by atoms with Gasteiger partial charge >= 0.3 is 0 Å². The number of anilines is 1. The molecule has 1 fully saturated rings. The van der Waals surface area contributed by atoms with Crippen LogP contribution < -0.4 is 4.90 Å². The van der Waals surface area contributed by atoms with E-state index in [-0.39, 0.29) is 0 Å². The zero-order valence-corrected chi connectivity index (χ0v) is 13.9. The van der Waals surface area contributed by atoms with Gasteiger partial charge in [-0.25, -0.2) is 0 Å². The Morgan fingerprint density at radius 1 is 1.10 bits per heavy atom. The molecule has 0 unspecified atom stereocenters. The fourth-order valence-corrected chi connectivity index (χ4v) is 2.92. The number of carbonyl (C=O) groups excluding carboxylic acids is 1. The first kappa shape index (κ1) is 15.6. The highest BCUT2D eigenvalue weighted by atomic mass is 79.9. The highest BCUT2D eigenvalue weighted by Crippen LogP contribution is 2.19. The Hall–Kier alpha value is -0.740. The monoisotopic (exact) mass is 358 g/mol. The third-order valence-electron chi connectivity index (χ3n) is 3.60. The van der Waals surface area contributed by atoms with Crippen LogP contribution in [0.2, 0.25) is 5.02 Å². The predicted molar refractivity (Wildman–Crippen MR) is 87.9 cm³/mol. The van der Waals surface area contributed by atoms with Gasteiger partial charge in [-0.3, -0.25) is 4.79 Å². The van der Waals surface area contributed by atoms with Gasteiger partial charge in [0.05, 0.1) is 0 Å². The number of alkyl halides is 1. The second-order valence-corrected chi connectivity index (χ2v) is 6.22. The second kappa shape index (κ2) is 7.89.